The highest BCUT2D eigenvalue weighted by molar-refractivity contribution is 9.10. The second kappa shape index (κ2) is 7.48. The lowest BCUT2D eigenvalue weighted by Gasteiger charge is -2.16. The summed E-state index contributed by atoms with van der Waals surface area (Å²) in [5, 5.41) is 3.41. The van der Waals surface area contributed by atoms with Gasteiger partial charge >= 0.3 is 6.09 Å². The number of nitrogens with one attached hydrogen (secondary N) is 1. The zero-order valence-electron chi connectivity index (χ0n) is 11.5. The van der Waals surface area contributed by atoms with Gasteiger partial charge in [0.05, 0.1) is 6.04 Å². The molecule has 0 saturated carbocycles. The Kier molecular flexibility index (Phi) is 5.65. The number of halogens is 2. The van der Waals surface area contributed by atoms with Crippen molar-refractivity contribution in [2.45, 2.75) is 19.6 Å². The molecule has 0 bridgehead atoms. The molecule has 0 saturated heterocycles. The maximum absolute atomic E-state index is 11.8. The maximum atomic E-state index is 11.8. The molecule has 5 heteroatoms. The van der Waals surface area contributed by atoms with E-state index in [0.717, 1.165) is 15.6 Å². The molecule has 0 aliphatic heterocycles. The Hall–Kier alpha value is -1.52. The lowest BCUT2D eigenvalue weighted by atomic mass is 10.1. The van der Waals surface area contributed by atoms with Crippen LogP contribution < -0.4 is 5.32 Å². The molecular formula is C16H15BrClNO2. The van der Waals surface area contributed by atoms with Crippen molar-refractivity contribution in [1.82, 2.24) is 5.32 Å². The van der Waals surface area contributed by atoms with E-state index in [9.17, 15) is 4.79 Å². The monoisotopic (exact) mass is 367 g/mol. The van der Waals surface area contributed by atoms with Crippen molar-refractivity contribution in [3.63, 3.8) is 0 Å². The Morgan fingerprint density at radius 2 is 2.00 bits per heavy atom. The van der Waals surface area contributed by atoms with Crippen molar-refractivity contribution in [1.29, 1.82) is 0 Å². The van der Waals surface area contributed by atoms with Gasteiger partial charge in [-0.05, 0) is 36.2 Å². The number of ether oxygens (including phenoxy) is 1. The summed E-state index contributed by atoms with van der Waals surface area (Å²) in [6.45, 7) is 2.12. The fourth-order valence-corrected chi connectivity index (χ4v) is 2.64. The summed E-state index contributed by atoms with van der Waals surface area (Å²) in [6, 6.07) is 14.8. The first-order chi connectivity index (χ1) is 10.1. The number of rotatable bonds is 4. The van der Waals surface area contributed by atoms with Crippen molar-refractivity contribution < 1.29 is 9.53 Å². The predicted octanol–water partition coefficient (Wildman–Crippen LogP) is 5.09. The summed E-state index contributed by atoms with van der Waals surface area (Å²) < 4.78 is 6.08. The van der Waals surface area contributed by atoms with Gasteiger partial charge < -0.3 is 10.1 Å². The Bertz CT molecular complexity index is 619. The lowest BCUT2D eigenvalue weighted by Crippen LogP contribution is -2.27. The Morgan fingerprint density at radius 3 is 2.71 bits per heavy atom. The minimum absolute atomic E-state index is 0.207. The highest BCUT2D eigenvalue weighted by Crippen LogP contribution is 2.26. The molecule has 0 heterocycles. The van der Waals surface area contributed by atoms with Gasteiger partial charge in [-0.1, -0.05) is 57.9 Å². The normalized spacial score (nSPS) is 11.8. The van der Waals surface area contributed by atoms with Gasteiger partial charge in [0, 0.05) is 9.50 Å². The average Bonchev–Trinajstić information content (AvgIpc) is 2.48. The molecule has 0 fully saturated rings. The molecule has 3 nitrogen and oxygen atoms in total. The van der Waals surface area contributed by atoms with Crippen molar-refractivity contribution >= 4 is 33.6 Å². The number of alkyl carbamates (subject to hydrolysis) is 1. The fourth-order valence-electron chi connectivity index (χ4n) is 1.87. The predicted molar refractivity (Wildman–Crippen MR) is 87.3 cm³/mol. The number of hydrogen-bond acceptors (Lipinski definition) is 2. The fraction of sp³-hybridized carbons (Fsp3) is 0.188. The number of amides is 1. The van der Waals surface area contributed by atoms with Crippen LogP contribution in [0.4, 0.5) is 4.79 Å². The number of carbonyl (C=O) groups excluding carboxylic acids is 1. The Balaban J connectivity index is 1.91. The van der Waals surface area contributed by atoms with Crippen LogP contribution in [0.2, 0.25) is 5.02 Å². The van der Waals surface area contributed by atoms with E-state index in [-0.39, 0.29) is 12.6 Å². The van der Waals surface area contributed by atoms with Crippen molar-refractivity contribution in [2.24, 2.45) is 0 Å². The molecule has 21 heavy (non-hydrogen) atoms. The molecule has 0 spiro atoms. The molecule has 0 aromatic heterocycles. The van der Waals surface area contributed by atoms with Gasteiger partial charge in [-0.2, -0.15) is 0 Å². The molecule has 2 aromatic carbocycles. The molecule has 2 aromatic rings. The zero-order valence-corrected chi connectivity index (χ0v) is 13.8. The first-order valence-electron chi connectivity index (χ1n) is 6.48. The van der Waals surface area contributed by atoms with E-state index in [1.807, 2.05) is 49.4 Å². The molecule has 1 atom stereocenters. The molecular weight excluding hydrogens is 354 g/mol. The van der Waals surface area contributed by atoms with Gasteiger partial charge in [-0.25, -0.2) is 4.79 Å². The topological polar surface area (TPSA) is 38.3 Å². The SMILES string of the molecule is C[C@H](NC(=O)OCc1ccccc1)c1cc(Cl)ccc1Br. The molecule has 1 N–H and O–H groups in total. The van der Waals surface area contributed by atoms with Gasteiger partial charge in [0.15, 0.2) is 0 Å². The molecule has 0 unspecified atom stereocenters. The van der Waals surface area contributed by atoms with E-state index in [1.165, 1.54) is 0 Å². The lowest BCUT2D eigenvalue weighted by molar-refractivity contribution is 0.136. The minimum Gasteiger partial charge on any atom is -0.445 e. The molecule has 0 radical (unpaired) electrons. The highest BCUT2D eigenvalue weighted by Gasteiger charge is 2.13. The standard InChI is InChI=1S/C16H15BrClNO2/c1-11(14-9-13(18)7-8-15(14)17)19-16(20)21-10-12-5-3-2-4-6-12/h2-9,11H,10H2,1H3,(H,19,20)/t11-/m0/s1. The van der Waals surface area contributed by atoms with E-state index < -0.39 is 6.09 Å². The number of carbonyl (C=O) groups is 1. The van der Waals surface area contributed by atoms with Gasteiger partial charge in [0.25, 0.3) is 0 Å². The second-order valence-corrected chi connectivity index (χ2v) is 5.88. The summed E-state index contributed by atoms with van der Waals surface area (Å²) in [4.78, 5) is 11.8. The third kappa shape index (κ3) is 4.76. The van der Waals surface area contributed by atoms with Crippen LogP contribution >= 0.6 is 27.5 Å². The summed E-state index contributed by atoms with van der Waals surface area (Å²) in [7, 11) is 0. The van der Waals surface area contributed by atoms with E-state index >= 15 is 0 Å². The molecule has 110 valence electrons. The number of benzene rings is 2. The van der Waals surface area contributed by atoms with Crippen molar-refractivity contribution in [3.05, 3.63) is 69.2 Å². The van der Waals surface area contributed by atoms with Crippen LogP contribution in [-0.4, -0.2) is 6.09 Å². The second-order valence-electron chi connectivity index (χ2n) is 4.59. The smallest absolute Gasteiger partial charge is 0.407 e. The van der Waals surface area contributed by atoms with Crippen LogP contribution in [0.25, 0.3) is 0 Å². The highest BCUT2D eigenvalue weighted by atomic mass is 79.9. The third-order valence-electron chi connectivity index (χ3n) is 2.97. The average molecular weight is 369 g/mol. The van der Waals surface area contributed by atoms with Crippen LogP contribution in [0.1, 0.15) is 24.1 Å². The molecule has 0 aliphatic rings. The molecule has 2 rings (SSSR count). The van der Waals surface area contributed by atoms with Gasteiger partial charge in [0.2, 0.25) is 0 Å². The molecule has 1 amide bonds. The first-order valence-corrected chi connectivity index (χ1v) is 7.65. The van der Waals surface area contributed by atoms with E-state index in [2.05, 4.69) is 21.2 Å². The molecule has 0 aliphatic carbocycles. The van der Waals surface area contributed by atoms with Crippen LogP contribution in [-0.2, 0) is 11.3 Å². The number of hydrogen-bond donors (Lipinski definition) is 1. The van der Waals surface area contributed by atoms with Crippen molar-refractivity contribution in [3.8, 4) is 0 Å². The third-order valence-corrected chi connectivity index (χ3v) is 3.93. The van der Waals surface area contributed by atoms with Crippen LogP contribution in [0.5, 0.6) is 0 Å². The summed E-state index contributed by atoms with van der Waals surface area (Å²) in [5.74, 6) is 0. The summed E-state index contributed by atoms with van der Waals surface area (Å²) in [6.07, 6.45) is -0.460. The van der Waals surface area contributed by atoms with Gasteiger partial charge in [-0.15, -0.1) is 0 Å². The van der Waals surface area contributed by atoms with E-state index in [4.69, 9.17) is 16.3 Å². The first kappa shape index (κ1) is 15.9. The zero-order chi connectivity index (χ0) is 15.2. The minimum atomic E-state index is -0.460. The van der Waals surface area contributed by atoms with Gasteiger partial charge in [0.1, 0.15) is 6.61 Å². The maximum Gasteiger partial charge on any atom is 0.407 e. The van der Waals surface area contributed by atoms with E-state index in [0.29, 0.717) is 5.02 Å². The van der Waals surface area contributed by atoms with Crippen LogP contribution in [0.3, 0.4) is 0 Å². The van der Waals surface area contributed by atoms with Crippen LogP contribution in [0.15, 0.2) is 53.0 Å². The Morgan fingerprint density at radius 1 is 1.29 bits per heavy atom. The Labute approximate surface area is 137 Å². The largest absolute Gasteiger partial charge is 0.445 e. The quantitative estimate of drug-likeness (QED) is 0.816. The van der Waals surface area contributed by atoms with Gasteiger partial charge in [-0.3, -0.25) is 0 Å². The van der Waals surface area contributed by atoms with E-state index in [1.54, 1.807) is 6.07 Å². The summed E-state index contributed by atoms with van der Waals surface area (Å²) >= 11 is 9.42. The summed E-state index contributed by atoms with van der Waals surface area (Å²) in [5.41, 5.74) is 1.85. The van der Waals surface area contributed by atoms with Crippen LogP contribution in [0, 0.1) is 0 Å². The van der Waals surface area contributed by atoms with Crippen molar-refractivity contribution in [2.75, 3.05) is 0 Å².